The highest BCUT2D eigenvalue weighted by Crippen LogP contribution is 2.24. The number of benzene rings is 2. The van der Waals surface area contributed by atoms with Crippen molar-refractivity contribution in [2.24, 2.45) is 0 Å². The molecular weight excluding hydrogens is 272 g/mol. The van der Waals surface area contributed by atoms with E-state index >= 15 is 0 Å². The molecule has 2 aromatic carbocycles. The molecule has 0 saturated heterocycles. The smallest absolute Gasteiger partial charge is 0.311 e. The maximum absolute atomic E-state index is 11.5. The second-order valence-electron chi connectivity index (χ2n) is 4.82. The van der Waals surface area contributed by atoms with Crippen LogP contribution in [0.4, 0.5) is 0 Å². The average Bonchev–Trinajstić information content (AvgIpc) is 2.45. The van der Waals surface area contributed by atoms with Crippen LogP contribution in [0.5, 0.6) is 0 Å². The molecule has 20 heavy (non-hydrogen) atoms. The summed E-state index contributed by atoms with van der Waals surface area (Å²) >= 11 is 5.94. The van der Waals surface area contributed by atoms with Crippen molar-refractivity contribution in [1.82, 2.24) is 0 Å². The highest BCUT2D eigenvalue weighted by molar-refractivity contribution is 6.30. The van der Waals surface area contributed by atoms with Gasteiger partial charge in [0.05, 0.1) is 5.92 Å². The normalized spacial score (nSPS) is 12.1. The van der Waals surface area contributed by atoms with Crippen LogP contribution in [0.3, 0.4) is 0 Å². The molecule has 0 amide bonds. The first kappa shape index (κ1) is 14.6. The summed E-state index contributed by atoms with van der Waals surface area (Å²) in [5.74, 6) is -1.40. The molecule has 1 unspecified atom stereocenters. The number of carboxylic acids is 1. The van der Waals surface area contributed by atoms with Crippen LogP contribution in [0.1, 0.15) is 29.5 Å². The third-order valence-corrected chi connectivity index (χ3v) is 3.66. The fourth-order valence-electron chi connectivity index (χ4n) is 2.22. The minimum atomic E-state index is -0.827. The Kier molecular flexibility index (Phi) is 4.80. The zero-order valence-corrected chi connectivity index (χ0v) is 12.1. The Bertz CT molecular complexity index is 590. The molecule has 0 aliphatic carbocycles. The number of carboxylic acid groups (broad SMARTS) is 1. The van der Waals surface area contributed by atoms with Gasteiger partial charge in [0.15, 0.2) is 0 Å². The molecule has 0 aromatic heterocycles. The van der Waals surface area contributed by atoms with Gasteiger partial charge in [0.25, 0.3) is 0 Å². The molecule has 2 aromatic rings. The number of aliphatic carboxylic acids is 1. The van der Waals surface area contributed by atoms with Crippen molar-refractivity contribution < 1.29 is 9.90 Å². The van der Waals surface area contributed by atoms with Gasteiger partial charge in [-0.3, -0.25) is 4.79 Å². The Labute approximate surface area is 124 Å². The number of hydrogen-bond acceptors (Lipinski definition) is 1. The van der Waals surface area contributed by atoms with E-state index < -0.39 is 11.9 Å². The monoisotopic (exact) mass is 288 g/mol. The maximum Gasteiger partial charge on any atom is 0.311 e. The topological polar surface area (TPSA) is 37.3 Å². The molecular formula is C17H17ClO2. The number of halogens is 1. The Morgan fingerprint density at radius 1 is 1.15 bits per heavy atom. The molecule has 0 saturated carbocycles. The zero-order chi connectivity index (χ0) is 14.5. The lowest BCUT2D eigenvalue weighted by Crippen LogP contribution is -2.14. The van der Waals surface area contributed by atoms with E-state index in [-0.39, 0.29) is 0 Å². The molecule has 2 rings (SSSR count). The summed E-state index contributed by atoms with van der Waals surface area (Å²) in [6.07, 6.45) is 1.45. The van der Waals surface area contributed by atoms with Crippen LogP contribution in [0.25, 0.3) is 0 Å². The molecule has 3 heteroatoms. The minimum absolute atomic E-state index is 0.472. The van der Waals surface area contributed by atoms with Crippen LogP contribution in [0.2, 0.25) is 5.02 Å². The third-order valence-electron chi connectivity index (χ3n) is 3.42. The van der Waals surface area contributed by atoms with Crippen molar-refractivity contribution in [2.75, 3.05) is 0 Å². The molecule has 2 nitrogen and oxygen atoms in total. The van der Waals surface area contributed by atoms with Gasteiger partial charge < -0.3 is 5.11 Å². The van der Waals surface area contributed by atoms with Crippen LogP contribution in [0, 0.1) is 0 Å². The van der Waals surface area contributed by atoms with E-state index in [1.165, 1.54) is 5.56 Å². The second-order valence-corrected chi connectivity index (χ2v) is 5.26. The van der Waals surface area contributed by atoms with Crippen molar-refractivity contribution in [1.29, 1.82) is 0 Å². The summed E-state index contributed by atoms with van der Waals surface area (Å²) in [6.45, 7) is 2.10. The highest BCUT2D eigenvalue weighted by atomic mass is 35.5. The highest BCUT2D eigenvalue weighted by Gasteiger charge is 2.20. The van der Waals surface area contributed by atoms with E-state index in [1.54, 1.807) is 18.2 Å². The predicted molar refractivity (Wildman–Crippen MR) is 81.4 cm³/mol. The van der Waals surface area contributed by atoms with E-state index in [1.807, 2.05) is 30.3 Å². The zero-order valence-electron chi connectivity index (χ0n) is 11.3. The van der Waals surface area contributed by atoms with E-state index in [4.69, 9.17) is 11.6 Å². The predicted octanol–water partition coefficient (Wildman–Crippen LogP) is 4.31. The largest absolute Gasteiger partial charge is 0.481 e. The molecule has 0 fully saturated rings. The van der Waals surface area contributed by atoms with Crippen LogP contribution in [-0.2, 0) is 17.6 Å². The summed E-state index contributed by atoms with van der Waals surface area (Å²) in [4.78, 5) is 11.5. The second kappa shape index (κ2) is 6.58. The first-order valence-corrected chi connectivity index (χ1v) is 7.04. The van der Waals surface area contributed by atoms with Gasteiger partial charge >= 0.3 is 5.97 Å². The van der Waals surface area contributed by atoms with Gasteiger partial charge in [-0.25, -0.2) is 0 Å². The summed E-state index contributed by atoms with van der Waals surface area (Å²) < 4.78 is 0. The summed E-state index contributed by atoms with van der Waals surface area (Å²) in [7, 11) is 0. The van der Waals surface area contributed by atoms with Crippen LogP contribution in [-0.4, -0.2) is 11.1 Å². The van der Waals surface area contributed by atoms with Gasteiger partial charge in [-0.05, 0) is 41.7 Å². The fraction of sp³-hybridized carbons (Fsp3) is 0.235. The maximum atomic E-state index is 11.5. The third kappa shape index (κ3) is 3.61. The van der Waals surface area contributed by atoms with E-state index in [9.17, 15) is 9.90 Å². The summed E-state index contributed by atoms with van der Waals surface area (Å²) in [6, 6.07) is 15.2. The summed E-state index contributed by atoms with van der Waals surface area (Å²) in [5, 5.41) is 10.0. The number of rotatable bonds is 5. The van der Waals surface area contributed by atoms with Gasteiger partial charge in [-0.15, -0.1) is 0 Å². The lowest BCUT2D eigenvalue weighted by molar-refractivity contribution is -0.138. The van der Waals surface area contributed by atoms with Gasteiger partial charge in [0, 0.05) is 5.02 Å². The standard InChI is InChI=1S/C17H17ClO2/c1-2-12-6-8-13(9-7-12)10-16(17(19)20)14-4-3-5-15(18)11-14/h3-9,11,16H,2,10H2,1H3,(H,19,20). The number of aryl methyl sites for hydroxylation is 1. The Morgan fingerprint density at radius 3 is 2.35 bits per heavy atom. The van der Waals surface area contributed by atoms with Crippen LogP contribution >= 0.6 is 11.6 Å². The minimum Gasteiger partial charge on any atom is -0.481 e. The van der Waals surface area contributed by atoms with Crippen LogP contribution < -0.4 is 0 Å². The molecule has 0 bridgehead atoms. The number of carbonyl (C=O) groups is 1. The lowest BCUT2D eigenvalue weighted by Gasteiger charge is -2.13. The molecule has 0 radical (unpaired) electrons. The van der Waals surface area contributed by atoms with E-state index in [0.29, 0.717) is 11.4 Å². The van der Waals surface area contributed by atoms with Gasteiger partial charge in [0.2, 0.25) is 0 Å². The van der Waals surface area contributed by atoms with Crippen molar-refractivity contribution in [2.45, 2.75) is 25.7 Å². The molecule has 104 valence electrons. The van der Waals surface area contributed by atoms with E-state index in [2.05, 4.69) is 6.92 Å². The average molecular weight is 289 g/mol. The van der Waals surface area contributed by atoms with Gasteiger partial charge in [0.1, 0.15) is 0 Å². The van der Waals surface area contributed by atoms with Crippen molar-refractivity contribution >= 4 is 17.6 Å². The van der Waals surface area contributed by atoms with E-state index in [0.717, 1.165) is 17.5 Å². The first-order valence-electron chi connectivity index (χ1n) is 6.66. The Morgan fingerprint density at radius 2 is 1.80 bits per heavy atom. The van der Waals surface area contributed by atoms with Gasteiger partial charge in [-0.2, -0.15) is 0 Å². The van der Waals surface area contributed by atoms with Crippen molar-refractivity contribution in [3.05, 3.63) is 70.2 Å². The Hall–Kier alpha value is -1.80. The van der Waals surface area contributed by atoms with Crippen LogP contribution in [0.15, 0.2) is 48.5 Å². The number of hydrogen-bond donors (Lipinski definition) is 1. The molecule has 0 aliphatic heterocycles. The summed E-state index contributed by atoms with van der Waals surface area (Å²) in [5.41, 5.74) is 3.02. The molecule has 0 aliphatic rings. The molecule has 1 atom stereocenters. The quantitative estimate of drug-likeness (QED) is 0.890. The molecule has 0 heterocycles. The first-order chi connectivity index (χ1) is 9.60. The van der Waals surface area contributed by atoms with Crippen molar-refractivity contribution in [3.63, 3.8) is 0 Å². The van der Waals surface area contributed by atoms with Gasteiger partial charge in [-0.1, -0.05) is 54.9 Å². The fourth-order valence-corrected chi connectivity index (χ4v) is 2.42. The van der Waals surface area contributed by atoms with Crippen molar-refractivity contribution in [3.8, 4) is 0 Å². The Balaban J connectivity index is 2.23. The SMILES string of the molecule is CCc1ccc(CC(C(=O)O)c2cccc(Cl)c2)cc1. The molecule has 0 spiro atoms. The lowest BCUT2D eigenvalue weighted by atomic mass is 9.91. The molecule has 1 N–H and O–H groups in total.